The van der Waals surface area contributed by atoms with Gasteiger partial charge in [-0.1, -0.05) is 40.2 Å². The predicted octanol–water partition coefficient (Wildman–Crippen LogP) is 5.09. The fourth-order valence-electron chi connectivity index (χ4n) is 2.85. The van der Waals surface area contributed by atoms with Gasteiger partial charge in [-0.25, -0.2) is 0 Å². The lowest BCUT2D eigenvalue weighted by molar-refractivity contribution is 0.0784. The van der Waals surface area contributed by atoms with Crippen LogP contribution in [0.3, 0.4) is 0 Å². The second-order valence-corrected chi connectivity index (χ2v) is 7.35. The lowest BCUT2D eigenvalue weighted by Crippen LogP contribution is -2.26. The van der Waals surface area contributed by atoms with E-state index in [-0.39, 0.29) is 5.91 Å². The minimum absolute atomic E-state index is 0.0829. The molecule has 0 aliphatic carbocycles. The van der Waals surface area contributed by atoms with E-state index in [4.69, 9.17) is 9.47 Å². The Hall–Kier alpha value is -2.86. The lowest BCUT2D eigenvalue weighted by Gasteiger charge is -2.19. The van der Waals surface area contributed by atoms with Gasteiger partial charge in [0.1, 0.15) is 6.61 Å². The van der Waals surface area contributed by atoms with Gasteiger partial charge >= 0.3 is 0 Å². The Balaban J connectivity index is 1.74. The van der Waals surface area contributed by atoms with Crippen molar-refractivity contribution in [2.75, 3.05) is 13.7 Å². The fraction of sp³-hybridized carbons (Fsp3) is 0.217. The highest BCUT2D eigenvalue weighted by Gasteiger charge is 2.16. The van der Waals surface area contributed by atoms with E-state index < -0.39 is 0 Å². The molecule has 0 atom stereocenters. The van der Waals surface area contributed by atoms with Gasteiger partial charge in [0, 0.05) is 41.6 Å². The number of carbonyl (C=O) groups excluding carboxylic acids is 1. The molecule has 0 spiro atoms. The molecule has 29 heavy (non-hydrogen) atoms. The van der Waals surface area contributed by atoms with Crippen molar-refractivity contribution in [1.29, 1.82) is 0 Å². The Morgan fingerprint density at radius 3 is 2.62 bits per heavy atom. The normalized spacial score (nSPS) is 10.4. The molecular formula is C23H23BrN2O3. The van der Waals surface area contributed by atoms with Crippen molar-refractivity contribution < 1.29 is 14.3 Å². The molecular weight excluding hydrogens is 432 g/mol. The maximum absolute atomic E-state index is 12.9. The third-order valence-electron chi connectivity index (χ3n) is 4.32. The van der Waals surface area contributed by atoms with E-state index in [0.29, 0.717) is 36.8 Å². The van der Waals surface area contributed by atoms with Crippen LogP contribution in [0.5, 0.6) is 11.5 Å². The SMILES string of the molecule is CCOc1cc(C(=O)N(C)Cc2ccccc2Br)ccc1OCc1cccnc1. The number of nitrogens with zero attached hydrogens (tertiary/aromatic N) is 2. The third kappa shape index (κ3) is 5.57. The molecule has 5 nitrogen and oxygen atoms in total. The summed E-state index contributed by atoms with van der Waals surface area (Å²) in [5, 5.41) is 0. The highest BCUT2D eigenvalue weighted by Crippen LogP contribution is 2.30. The summed E-state index contributed by atoms with van der Waals surface area (Å²) in [6, 6.07) is 17.0. The molecule has 0 radical (unpaired) electrons. The average molecular weight is 455 g/mol. The zero-order valence-corrected chi connectivity index (χ0v) is 18.1. The summed E-state index contributed by atoms with van der Waals surface area (Å²) in [5.41, 5.74) is 2.56. The van der Waals surface area contributed by atoms with Crippen molar-refractivity contribution in [3.63, 3.8) is 0 Å². The molecule has 1 amide bonds. The van der Waals surface area contributed by atoms with Gasteiger partial charge in [0.15, 0.2) is 11.5 Å². The van der Waals surface area contributed by atoms with Crippen molar-refractivity contribution in [3.05, 3.63) is 88.2 Å². The van der Waals surface area contributed by atoms with Crippen LogP contribution < -0.4 is 9.47 Å². The number of carbonyl (C=O) groups is 1. The molecule has 1 aromatic heterocycles. The van der Waals surface area contributed by atoms with Crippen LogP contribution in [0, 0.1) is 0 Å². The van der Waals surface area contributed by atoms with Gasteiger partial charge in [-0.3, -0.25) is 9.78 Å². The van der Waals surface area contributed by atoms with E-state index in [1.165, 1.54) is 0 Å². The number of hydrogen-bond donors (Lipinski definition) is 0. The third-order valence-corrected chi connectivity index (χ3v) is 5.09. The van der Waals surface area contributed by atoms with Gasteiger partial charge in [-0.15, -0.1) is 0 Å². The molecule has 3 aromatic rings. The molecule has 0 unspecified atom stereocenters. The van der Waals surface area contributed by atoms with Crippen molar-refractivity contribution in [1.82, 2.24) is 9.88 Å². The van der Waals surface area contributed by atoms with E-state index >= 15 is 0 Å². The van der Waals surface area contributed by atoms with Gasteiger partial charge in [-0.2, -0.15) is 0 Å². The zero-order valence-electron chi connectivity index (χ0n) is 16.5. The monoisotopic (exact) mass is 454 g/mol. The van der Waals surface area contributed by atoms with E-state index in [1.807, 2.05) is 43.3 Å². The Morgan fingerprint density at radius 1 is 1.07 bits per heavy atom. The maximum atomic E-state index is 12.9. The molecule has 0 saturated heterocycles. The highest BCUT2D eigenvalue weighted by atomic mass is 79.9. The van der Waals surface area contributed by atoms with Gasteiger partial charge in [-0.05, 0) is 42.8 Å². The minimum atomic E-state index is -0.0829. The number of ether oxygens (including phenoxy) is 2. The minimum Gasteiger partial charge on any atom is -0.490 e. The van der Waals surface area contributed by atoms with Crippen molar-refractivity contribution in [2.24, 2.45) is 0 Å². The number of halogens is 1. The second-order valence-electron chi connectivity index (χ2n) is 6.50. The Morgan fingerprint density at radius 2 is 1.90 bits per heavy atom. The summed E-state index contributed by atoms with van der Waals surface area (Å²) in [4.78, 5) is 18.7. The number of benzene rings is 2. The maximum Gasteiger partial charge on any atom is 0.254 e. The van der Waals surface area contributed by atoms with E-state index in [2.05, 4.69) is 20.9 Å². The standard InChI is InChI=1S/C23H23BrN2O3/c1-3-28-22-13-18(10-11-21(22)29-16-17-7-6-12-25-14-17)23(27)26(2)15-19-8-4-5-9-20(19)24/h4-14H,3,15-16H2,1-2H3. The lowest BCUT2D eigenvalue weighted by atomic mass is 10.1. The molecule has 150 valence electrons. The van der Waals surface area contributed by atoms with Crippen molar-refractivity contribution in [2.45, 2.75) is 20.1 Å². The summed E-state index contributed by atoms with van der Waals surface area (Å²) >= 11 is 3.53. The van der Waals surface area contributed by atoms with Crippen LogP contribution in [0.15, 0.2) is 71.5 Å². The summed E-state index contributed by atoms with van der Waals surface area (Å²) in [6.45, 7) is 3.26. The first-order valence-corrected chi connectivity index (χ1v) is 10.1. The molecule has 6 heteroatoms. The molecule has 2 aromatic carbocycles. The summed E-state index contributed by atoms with van der Waals surface area (Å²) in [5.74, 6) is 1.07. The first kappa shape index (κ1) is 20.9. The molecule has 3 rings (SSSR count). The number of amides is 1. The number of pyridine rings is 1. The van der Waals surface area contributed by atoms with Crippen LogP contribution in [0.1, 0.15) is 28.4 Å². The van der Waals surface area contributed by atoms with E-state index in [9.17, 15) is 4.79 Å². The smallest absolute Gasteiger partial charge is 0.254 e. The van der Waals surface area contributed by atoms with Gasteiger partial charge in [0.25, 0.3) is 5.91 Å². The zero-order chi connectivity index (χ0) is 20.6. The van der Waals surface area contributed by atoms with Crippen LogP contribution in [-0.2, 0) is 13.2 Å². The molecule has 0 aliphatic rings. The average Bonchev–Trinajstić information content (AvgIpc) is 2.75. The quantitative estimate of drug-likeness (QED) is 0.475. The van der Waals surface area contributed by atoms with Gasteiger partial charge < -0.3 is 14.4 Å². The number of hydrogen-bond acceptors (Lipinski definition) is 4. The highest BCUT2D eigenvalue weighted by molar-refractivity contribution is 9.10. The predicted molar refractivity (Wildman–Crippen MR) is 116 cm³/mol. The fourth-order valence-corrected chi connectivity index (χ4v) is 3.26. The van der Waals surface area contributed by atoms with Gasteiger partial charge in [0.2, 0.25) is 0 Å². The summed E-state index contributed by atoms with van der Waals surface area (Å²) in [7, 11) is 1.79. The number of rotatable bonds is 8. The van der Waals surface area contributed by atoms with Crippen LogP contribution in [0.25, 0.3) is 0 Å². The van der Waals surface area contributed by atoms with Crippen molar-refractivity contribution >= 4 is 21.8 Å². The Bertz CT molecular complexity index is 963. The van der Waals surface area contributed by atoms with Crippen molar-refractivity contribution in [3.8, 4) is 11.5 Å². The largest absolute Gasteiger partial charge is 0.490 e. The van der Waals surface area contributed by atoms with Crippen LogP contribution >= 0.6 is 15.9 Å². The van der Waals surface area contributed by atoms with Crippen LogP contribution in [0.2, 0.25) is 0 Å². The molecule has 0 fully saturated rings. The van der Waals surface area contributed by atoms with Crippen LogP contribution in [0.4, 0.5) is 0 Å². The molecule has 0 aliphatic heterocycles. The molecule has 0 saturated carbocycles. The summed E-state index contributed by atoms with van der Waals surface area (Å²) in [6.07, 6.45) is 3.48. The second kappa shape index (κ2) is 10.1. The first-order chi connectivity index (χ1) is 14.1. The molecule has 0 N–H and O–H groups in total. The topological polar surface area (TPSA) is 51.7 Å². The molecule has 1 heterocycles. The first-order valence-electron chi connectivity index (χ1n) is 9.36. The Kier molecular flexibility index (Phi) is 7.25. The van der Waals surface area contributed by atoms with E-state index in [1.54, 1.807) is 42.5 Å². The summed E-state index contributed by atoms with van der Waals surface area (Å²) < 4.78 is 12.6. The Labute approximate surface area is 179 Å². The molecule has 0 bridgehead atoms. The van der Waals surface area contributed by atoms with E-state index in [0.717, 1.165) is 15.6 Å². The van der Waals surface area contributed by atoms with Crippen LogP contribution in [-0.4, -0.2) is 29.4 Å². The number of aromatic nitrogens is 1. The van der Waals surface area contributed by atoms with Gasteiger partial charge in [0.05, 0.1) is 6.61 Å².